The third-order valence-electron chi connectivity index (χ3n) is 4.07. The summed E-state index contributed by atoms with van der Waals surface area (Å²) < 4.78 is 25.2. The molecule has 2 heterocycles. The van der Waals surface area contributed by atoms with Crippen LogP contribution in [-0.4, -0.2) is 28.8 Å². The van der Waals surface area contributed by atoms with E-state index in [1.165, 1.54) is 10.6 Å². The second-order valence-electron chi connectivity index (χ2n) is 5.75. The smallest absolute Gasteiger partial charge is 0.274 e. The first-order valence-corrected chi connectivity index (χ1v) is 9.34. The van der Waals surface area contributed by atoms with Crippen LogP contribution in [0.3, 0.4) is 0 Å². The van der Waals surface area contributed by atoms with Crippen LogP contribution >= 0.6 is 0 Å². The van der Waals surface area contributed by atoms with Crippen molar-refractivity contribution in [3.8, 4) is 16.9 Å². The molecule has 2 aromatic heterocycles. The quantitative estimate of drug-likeness (QED) is 0.757. The number of aromatic hydroxyl groups is 1. The van der Waals surface area contributed by atoms with E-state index in [9.17, 15) is 18.3 Å². The Morgan fingerprint density at radius 2 is 1.96 bits per heavy atom. The summed E-state index contributed by atoms with van der Waals surface area (Å²) in [6.07, 6.45) is 3.31. The number of rotatable bonds is 4. The fraction of sp³-hybridized carbons (Fsp3) is 0.235. The summed E-state index contributed by atoms with van der Waals surface area (Å²) in [7, 11) is -1.54. The third kappa shape index (κ3) is 2.82. The van der Waals surface area contributed by atoms with E-state index in [1.54, 1.807) is 44.6 Å². The Bertz CT molecular complexity index is 1080. The minimum absolute atomic E-state index is 0.0359. The van der Waals surface area contributed by atoms with Gasteiger partial charge in [-0.25, -0.2) is 8.42 Å². The Balaban J connectivity index is 2.22. The summed E-state index contributed by atoms with van der Waals surface area (Å²) in [5.74, 6) is 0.0120. The minimum atomic E-state index is -3.17. The molecule has 0 fully saturated rings. The highest BCUT2D eigenvalue weighted by atomic mass is 32.2. The first-order chi connectivity index (χ1) is 11.3. The van der Waals surface area contributed by atoms with Crippen LogP contribution in [0, 0.1) is 0 Å². The summed E-state index contributed by atoms with van der Waals surface area (Å²) in [5.41, 5.74) is 2.05. The van der Waals surface area contributed by atoms with Gasteiger partial charge in [-0.3, -0.25) is 4.79 Å². The zero-order valence-electron chi connectivity index (χ0n) is 13.4. The molecule has 126 valence electrons. The largest absolute Gasteiger partial charge is 0.507 e. The fourth-order valence-corrected chi connectivity index (χ4v) is 3.62. The van der Waals surface area contributed by atoms with Gasteiger partial charge in [-0.05, 0) is 23.8 Å². The van der Waals surface area contributed by atoms with Gasteiger partial charge < -0.3 is 14.7 Å². The number of nitrogens with zero attached hydrogens (tertiary/aromatic N) is 1. The van der Waals surface area contributed by atoms with Crippen LogP contribution in [0.5, 0.6) is 5.75 Å². The van der Waals surface area contributed by atoms with Crippen molar-refractivity contribution in [3.63, 3.8) is 0 Å². The summed E-state index contributed by atoms with van der Waals surface area (Å²) in [6, 6.07) is 6.51. The van der Waals surface area contributed by atoms with Crippen molar-refractivity contribution in [3.05, 3.63) is 52.6 Å². The van der Waals surface area contributed by atoms with E-state index in [1.807, 2.05) is 0 Å². The average molecular weight is 346 g/mol. The van der Waals surface area contributed by atoms with Gasteiger partial charge in [-0.1, -0.05) is 13.0 Å². The maximum atomic E-state index is 12.1. The minimum Gasteiger partial charge on any atom is -0.507 e. The molecule has 6 nitrogen and oxygen atoms in total. The first kappa shape index (κ1) is 16.3. The van der Waals surface area contributed by atoms with E-state index in [0.29, 0.717) is 27.6 Å². The monoisotopic (exact) mass is 346 g/mol. The number of phenolic OH excluding ortho intramolecular Hbond substituents is 1. The number of phenols is 1. The highest BCUT2D eigenvalue weighted by Crippen LogP contribution is 2.34. The number of H-pyrrole nitrogens is 1. The molecule has 0 spiro atoms. The van der Waals surface area contributed by atoms with Gasteiger partial charge in [0.05, 0.1) is 5.75 Å². The lowest BCUT2D eigenvalue weighted by Gasteiger charge is -2.11. The van der Waals surface area contributed by atoms with E-state index < -0.39 is 9.84 Å². The molecular weight excluding hydrogens is 328 g/mol. The van der Waals surface area contributed by atoms with Crippen molar-refractivity contribution < 1.29 is 13.5 Å². The number of fused-ring (bicyclic) bond motifs is 1. The zero-order chi connectivity index (χ0) is 17.5. The molecule has 3 rings (SSSR count). The maximum absolute atomic E-state index is 12.1. The molecule has 0 atom stereocenters. The van der Waals surface area contributed by atoms with Gasteiger partial charge in [0.1, 0.15) is 11.3 Å². The Labute approximate surface area is 139 Å². The average Bonchev–Trinajstić information content (AvgIpc) is 3.02. The number of nitrogens with one attached hydrogen (secondary N) is 1. The molecule has 0 aliphatic carbocycles. The van der Waals surface area contributed by atoms with Gasteiger partial charge in [0.15, 0.2) is 9.84 Å². The maximum Gasteiger partial charge on any atom is 0.274 e. The Hall–Kier alpha value is -2.54. The number of aryl methyl sites for hydroxylation is 1. The standard InChI is InChI=1S/C17H18N2O4S/c1-3-24(22,23)10-11-4-5-15(20)13(8-11)14-9-19(2)17(21)16-12(14)6-7-18-16/h4-9,18,20H,3,10H2,1-2H3. The van der Waals surface area contributed by atoms with Crippen molar-refractivity contribution in [1.29, 1.82) is 0 Å². The van der Waals surface area contributed by atoms with Crippen LogP contribution in [0.4, 0.5) is 0 Å². The summed E-state index contributed by atoms with van der Waals surface area (Å²) >= 11 is 0. The van der Waals surface area contributed by atoms with E-state index in [-0.39, 0.29) is 22.8 Å². The zero-order valence-corrected chi connectivity index (χ0v) is 14.2. The molecule has 24 heavy (non-hydrogen) atoms. The van der Waals surface area contributed by atoms with Crippen molar-refractivity contribution in [2.45, 2.75) is 12.7 Å². The number of sulfone groups is 1. The molecule has 0 amide bonds. The Morgan fingerprint density at radius 3 is 2.67 bits per heavy atom. The number of hydrogen-bond donors (Lipinski definition) is 2. The highest BCUT2D eigenvalue weighted by molar-refractivity contribution is 7.90. The molecule has 1 aromatic carbocycles. The van der Waals surface area contributed by atoms with Crippen LogP contribution in [0.15, 0.2) is 41.5 Å². The molecule has 0 saturated heterocycles. The molecular formula is C17H18N2O4S. The van der Waals surface area contributed by atoms with Crippen LogP contribution in [0.1, 0.15) is 12.5 Å². The lowest BCUT2D eigenvalue weighted by Crippen LogP contribution is -2.16. The van der Waals surface area contributed by atoms with E-state index >= 15 is 0 Å². The topological polar surface area (TPSA) is 92.2 Å². The van der Waals surface area contributed by atoms with Gasteiger partial charge in [-0.2, -0.15) is 0 Å². The molecule has 0 aliphatic heterocycles. The number of pyridine rings is 1. The number of aromatic nitrogens is 2. The van der Waals surface area contributed by atoms with E-state index in [4.69, 9.17) is 0 Å². The third-order valence-corrected chi connectivity index (χ3v) is 5.72. The molecule has 0 radical (unpaired) electrons. The number of hydrogen-bond acceptors (Lipinski definition) is 4. The van der Waals surface area contributed by atoms with Crippen molar-refractivity contribution in [2.24, 2.45) is 7.05 Å². The molecule has 7 heteroatoms. The fourth-order valence-electron chi connectivity index (χ4n) is 2.73. The molecule has 2 N–H and O–H groups in total. The summed E-state index contributed by atoms with van der Waals surface area (Å²) in [4.78, 5) is 15.1. The molecule has 0 bridgehead atoms. The summed E-state index contributed by atoms with van der Waals surface area (Å²) in [6.45, 7) is 1.60. The normalized spacial score (nSPS) is 11.9. The van der Waals surface area contributed by atoms with Crippen LogP contribution in [-0.2, 0) is 22.6 Å². The van der Waals surface area contributed by atoms with E-state index in [2.05, 4.69) is 4.98 Å². The van der Waals surface area contributed by atoms with Crippen LogP contribution in [0.2, 0.25) is 0 Å². The van der Waals surface area contributed by atoms with Gasteiger partial charge in [0, 0.05) is 41.7 Å². The van der Waals surface area contributed by atoms with E-state index in [0.717, 1.165) is 0 Å². The number of benzene rings is 1. The predicted octanol–water partition coefficient (Wildman–Crippen LogP) is 2.17. The number of aromatic amines is 1. The second-order valence-corrected chi connectivity index (χ2v) is 8.11. The Kier molecular flexibility index (Phi) is 3.96. The molecule has 0 unspecified atom stereocenters. The first-order valence-electron chi connectivity index (χ1n) is 7.52. The Morgan fingerprint density at radius 1 is 1.21 bits per heavy atom. The summed E-state index contributed by atoms with van der Waals surface area (Å²) in [5, 5.41) is 10.9. The highest BCUT2D eigenvalue weighted by Gasteiger charge is 2.15. The van der Waals surface area contributed by atoms with Crippen molar-refractivity contribution in [2.75, 3.05) is 5.75 Å². The van der Waals surface area contributed by atoms with Crippen molar-refractivity contribution >= 4 is 20.7 Å². The lowest BCUT2D eigenvalue weighted by atomic mass is 10.0. The predicted molar refractivity (Wildman–Crippen MR) is 93.8 cm³/mol. The van der Waals surface area contributed by atoms with Gasteiger partial charge in [-0.15, -0.1) is 0 Å². The van der Waals surface area contributed by atoms with Gasteiger partial charge in [0.25, 0.3) is 5.56 Å². The molecule has 0 saturated carbocycles. The van der Waals surface area contributed by atoms with Gasteiger partial charge >= 0.3 is 0 Å². The molecule has 3 aromatic rings. The van der Waals surface area contributed by atoms with Crippen LogP contribution < -0.4 is 5.56 Å². The van der Waals surface area contributed by atoms with Gasteiger partial charge in [0.2, 0.25) is 0 Å². The lowest BCUT2D eigenvalue weighted by molar-refractivity contribution is 0.477. The van der Waals surface area contributed by atoms with Crippen LogP contribution in [0.25, 0.3) is 22.0 Å². The second kappa shape index (κ2) is 5.83. The molecule has 0 aliphatic rings. The SMILES string of the molecule is CCS(=O)(=O)Cc1ccc(O)c(-c2cn(C)c(=O)c3[nH]ccc23)c1. The van der Waals surface area contributed by atoms with Crippen molar-refractivity contribution in [1.82, 2.24) is 9.55 Å².